The summed E-state index contributed by atoms with van der Waals surface area (Å²) in [6.45, 7) is 4.52. The third-order valence-electron chi connectivity index (χ3n) is 4.35. The molecule has 1 aliphatic carbocycles. The molecule has 1 atom stereocenters. The molecule has 2 aromatic carbocycles. The average Bonchev–Trinajstić information content (AvgIpc) is 2.89. The molecular weight excluding hydrogens is 320 g/mol. The number of benzene rings is 2. The topological polar surface area (TPSA) is 0 Å². The van der Waals surface area contributed by atoms with Crippen LogP contribution >= 0.6 is 15.9 Å². The van der Waals surface area contributed by atoms with Gasteiger partial charge < -0.3 is 0 Å². The largest absolute Gasteiger partial charge is 0.0766 e. The Morgan fingerprint density at radius 3 is 2.67 bits per heavy atom. The summed E-state index contributed by atoms with van der Waals surface area (Å²) in [4.78, 5) is 0. The third-order valence-corrected chi connectivity index (χ3v) is 5.04. The van der Waals surface area contributed by atoms with Crippen molar-refractivity contribution < 1.29 is 0 Å². The molecule has 0 saturated heterocycles. The van der Waals surface area contributed by atoms with Gasteiger partial charge in [0.05, 0.1) is 0 Å². The van der Waals surface area contributed by atoms with E-state index >= 15 is 0 Å². The van der Waals surface area contributed by atoms with Crippen molar-refractivity contribution in [3.63, 3.8) is 0 Å². The maximum absolute atomic E-state index is 3.71. The maximum atomic E-state index is 3.71. The second kappa shape index (κ2) is 6.19. The quantitative estimate of drug-likeness (QED) is 0.588. The van der Waals surface area contributed by atoms with E-state index in [0.717, 1.165) is 6.42 Å². The Labute approximate surface area is 136 Å². The van der Waals surface area contributed by atoms with Gasteiger partial charge in [0.25, 0.3) is 0 Å². The molecule has 0 fully saturated rings. The van der Waals surface area contributed by atoms with Gasteiger partial charge in [-0.1, -0.05) is 78.7 Å². The first-order valence-electron chi connectivity index (χ1n) is 7.81. The zero-order chi connectivity index (χ0) is 14.8. The molecule has 0 heterocycles. The minimum atomic E-state index is 0.497. The highest BCUT2D eigenvalue weighted by atomic mass is 79.9. The molecule has 0 N–H and O–H groups in total. The Balaban J connectivity index is 2.12. The number of unbranched alkanes of at least 4 members (excludes halogenated alkanes) is 1. The summed E-state index contributed by atoms with van der Waals surface area (Å²) in [7, 11) is 0. The highest BCUT2D eigenvalue weighted by Crippen LogP contribution is 2.41. The molecule has 108 valence electrons. The van der Waals surface area contributed by atoms with Gasteiger partial charge >= 0.3 is 0 Å². The van der Waals surface area contributed by atoms with Crippen LogP contribution in [0, 0.1) is 0 Å². The Kier molecular flexibility index (Phi) is 4.30. The summed E-state index contributed by atoms with van der Waals surface area (Å²) < 4.78 is 1.23. The summed E-state index contributed by atoms with van der Waals surface area (Å²) in [6.07, 6.45) is 8.24. The fourth-order valence-corrected chi connectivity index (χ4v) is 3.90. The maximum Gasteiger partial charge on any atom is 0.0219 e. The lowest BCUT2D eigenvalue weighted by Crippen LogP contribution is -1.95. The van der Waals surface area contributed by atoms with E-state index in [4.69, 9.17) is 0 Å². The smallest absolute Gasteiger partial charge is 0.0219 e. The van der Waals surface area contributed by atoms with Crippen LogP contribution < -0.4 is 0 Å². The second-order valence-electron chi connectivity index (χ2n) is 5.83. The molecule has 21 heavy (non-hydrogen) atoms. The summed E-state index contributed by atoms with van der Waals surface area (Å²) in [5.41, 5.74) is 7.06. The van der Waals surface area contributed by atoms with Crippen molar-refractivity contribution in [2.75, 3.05) is 0 Å². The molecular formula is C20H21Br. The van der Waals surface area contributed by atoms with Crippen LogP contribution in [0.15, 0.2) is 46.9 Å². The van der Waals surface area contributed by atoms with Crippen molar-refractivity contribution in [3.05, 3.63) is 63.6 Å². The molecule has 3 rings (SSSR count). The standard InChI is InChI=1S/C20H21Br/c1-3-4-7-15-8-5-6-9-16(15)17-12-13-19(21)20-14(2)10-11-18(17)20/h5-6,8-14H,3-4,7H2,1-2H3. The number of hydrogen-bond donors (Lipinski definition) is 0. The molecule has 0 spiro atoms. The van der Waals surface area contributed by atoms with Crippen LogP contribution in [0.5, 0.6) is 0 Å². The summed E-state index contributed by atoms with van der Waals surface area (Å²) in [5, 5.41) is 0. The molecule has 1 unspecified atom stereocenters. The van der Waals surface area contributed by atoms with E-state index in [1.807, 2.05) is 0 Å². The van der Waals surface area contributed by atoms with Crippen molar-refractivity contribution in [1.82, 2.24) is 0 Å². The predicted molar refractivity (Wildman–Crippen MR) is 95.6 cm³/mol. The lowest BCUT2D eigenvalue weighted by molar-refractivity contribution is 0.796. The minimum absolute atomic E-state index is 0.497. The van der Waals surface area contributed by atoms with Crippen LogP contribution in [0.3, 0.4) is 0 Å². The first-order chi connectivity index (χ1) is 10.2. The second-order valence-corrected chi connectivity index (χ2v) is 6.69. The predicted octanol–water partition coefficient (Wildman–Crippen LogP) is 6.59. The lowest BCUT2D eigenvalue weighted by Gasteiger charge is -2.15. The van der Waals surface area contributed by atoms with Crippen LogP contribution in [0.4, 0.5) is 0 Å². The molecule has 0 radical (unpaired) electrons. The highest BCUT2D eigenvalue weighted by molar-refractivity contribution is 9.10. The molecule has 2 aromatic rings. The first-order valence-corrected chi connectivity index (χ1v) is 8.60. The molecule has 0 aliphatic heterocycles. The zero-order valence-corrected chi connectivity index (χ0v) is 14.3. The highest BCUT2D eigenvalue weighted by Gasteiger charge is 2.20. The van der Waals surface area contributed by atoms with Crippen molar-refractivity contribution in [2.24, 2.45) is 0 Å². The lowest BCUT2D eigenvalue weighted by atomic mass is 9.90. The van der Waals surface area contributed by atoms with Crippen LogP contribution in [0.2, 0.25) is 0 Å². The van der Waals surface area contributed by atoms with Gasteiger partial charge in [-0.2, -0.15) is 0 Å². The fraction of sp³-hybridized carbons (Fsp3) is 0.300. The monoisotopic (exact) mass is 340 g/mol. The average molecular weight is 341 g/mol. The Morgan fingerprint density at radius 2 is 1.86 bits per heavy atom. The summed E-state index contributed by atoms with van der Waals surface area (Å²) in [6, 6.07) is 13.3. The first kappa shape index (κ1) is 14.6. The van der Waals surface area contributed by atoms with Crippen molar-refractivity contribution in [3.8, 4) is 11.1 Å². The minimum Gasteiger partial charge on any atom is -0.0766 e. The van der Waals surface area contributed by atoms with E-state index < -0.39 is 0 Å². The zero-order valence-electron chi connectivity index (χ0n) is 12.7. The number of aryl methyl sites for hydroxylation is 1. The molecule has 1 aliphatic rings. The van der Waals surface area contributed by atoms with Gasteiger partial charge in [-0.3, -0.25) is 0 Å². The van der Waals surface area contributed by atoms with Crippen molar-refractivity contribution >= 4 is 22.0 Å². The number of rotatable bonds is 4. The Morgan fingerprint density at radius 1 is 1.05 bits per heavy atom. The van der Waals surface area contributed by atoms with Crippen LogP contribution in [-0.4, -0.2) is 0 Å². The van der Waals surface area contributed by atoms with Gasteiger partial charge in [0.2, 0.25) is 0 Å². The number of allylic oxidation sites excluding steroid dienone is 1. The normalized spacial score (nSPS) is 16.2. The summed E-state index contributed by atoms with van der Waals surface area (Å²) in [5.74, 6) is 0.497. The number of hydrogen-bond acceptors (Lipinski definition) is 0. The van der Waals surface area contributed by atoms with E-state index in [9.17, 15) is 0 Å². The molecule has 0 amide bonds. The van der Waals surface area contributed by atoms with Gasteiger partial charge in [0.15, 0.2) is 0 Å². The van der Waals surface area contributed by atoms with Gasteiger partial charge in [0, 0.05) is 10.4 Å². The van der Waals surface area contributed by atoms with E-state index in [2.05, 4.69) is 78.3 Å². The fourth-order valence-electron chi connectivity index (χ4n) is 3.19. The summed E-state index contributed by atoms with van der Waals surface area (Å²) >= 11 is 3.71. The van der Waals surface area contributed by atoms with Gasteiger partial charge in [-0.25, -0.2) is 0 Å². The molecule has 0 aromatic heterocycles. The van der Waals surface area contributed by atoms with E-state index in [0.29, 0.717) is 5.92 Å². The molecule has 0 saturated carbocycles. The van der Waals surface area contributed by atoms with E-state index in [1.165, 1.54) is 45.1 Å². The van der Waals surface area contributed by atoms with Crippen LogP contribution in [0.1, 0.15) is 49.3 Å². The van der Waals surface area contributed by atoms with Crippen LogP contribution in [-0.2, 0) is 6.42 Å². The van der Waals surface area contributed by atoms with Crippen molar-refractivity contribution in [2.45, 2.75) is 39.0 Å². The molecule has 0 bridgehead atoms. The number of halogens is 1. The van der Waals surface area contributed by atoms with Gasteiger partial charge in [0.1, 0.15) is 0 Å². The van der Waals surface area contributed by atoms with E-state index in [1.54, 1.807) is 0 Å². The number of fused-ring (bicyclic) bond motifs is 1. The Hall–Kier alpha value is -1.34. The Bertz CT molecular complexity index is 682. The SMILES string of the molecule is CCCCc1ccccc1-c1ccc(Br)c2c1C=CC2C. The van der Waals surface area contributed by atoms with Gasteiger partial charge in [-0.05, 0) is 46.7 Å². The molecule has 1 heteroatoms. The van der Waals surface area contributed by atoms with Gasteiger partial charge in [-0.15, -0.1) is 0 Å². The van der Waals surface area contributed by atoms with E-state index in [-0.39, 0.29) is 0 Å². The van der Waals surface area contributed by atoms with Crippen molar-refractivity contribution in [1.29, 1.82) is 0 Å². The molecule has 0 nitrogen and oxygen atoms in total. The van der Waals surface area contributed by atoms with Crippen LogP contribution in [0.25, 0.3) is 17.2 Å². The third kappa shape index (κ3) is 2.72.